The van der Waals surface area contributed by atoms with Gasteiger partial charge in [-0.3, -0.25) is 4.79 Å². The lowest BCUT2D eigenvalue weighted by atomic mass is 10.0. The summed E-state index contributed by atoms with van der Waals surface area (Å²) < 4.78 is 11.7. The van der Waals surface area contributed by atoms with Gasteiger partial charge in [0.05, 0.1) is 13.0 Å². The van der Waals surface area contributed by atoms with E-state index < -0.39 is 0 Å². The number of rotatable bonds is 6. The van der Waals surface area contributed by atoms with Gasteiger partial charge in [0.25, 0.3) is 0 Å². The highest BCUT2D eigenvalue weighted by molar-refractivity contribution is 5.90. The van der Waals surface area contributed by atoms with E-state index in [-0.39, 0.29) is 12.0 Å². The van der Waals surface area contributed by atoms with Crippen molar-refractivity contribution in [2.24, 2.45) is 0 Å². The molecule has 0 saturated carbocycles. The van der Waals surface area contributed by atoms with Crippen LogP contribution in [0.25, 0.3) is 10.8 Å². The maximum absolute atomic E-state index is 12.6. The van der Waals surface area contributed by atoms with E-state index in [4.69, 9.17) is 9.47 Å². The SMILES string of the molecule is CCOc1cc2c(cc1CNC(=O)Cc1cccc3ccccc13)O[C@H](C)C2. The quantitative estimate of drug-likeness (QED) is 0.694. The van der Waals surface area contributed by atoms with Crippen molar-refractivity contribution >= 4 is 16.7 Å². The molecule has 0 aromatic heterocycles. The van der Waals surface area contributed by atoms with Gasteiger partial charge >= 0.3 is 0 Å². The van der Waals surface area contributed by atoms with E-state index in [9.17, 15) is 4.79 Å². The highest BCUT2D eigenvalue weighted by Gasteiger charge is 2.22. The van der Waals surface area contributed by atoms with E-state index in [2.05, 4.69) is 36.5 Å². The Labute approximate surface area is 165 Å². The largest absolute Gasteiger partial charge is 0.494 e. The molecule has 1 aliphatic rings. The third-order valence-electron chi connectivity index (χ3n) is 5.09. The molecule has 4 heteroatoms. The molecule has 1 atom stereocenters. The van der Waals surface area contributed by atoms with Crippen LogP contribution in [0, 0.1) is 0 Å². The zero-order valence-electron chi connectivity index (χ0n) is 16.3. The molecule has 3 aromatic carbocycles. The fourth-order valence-electron chi connectivity index (χ4n) is 3.79. The maximum atomic E-state index is 12.6. The second kappa shape index (κ2) is 7.93. The summed E-state index contributed by atoms with van der Waals surface area (Å²) in [6, 6.07) is 18.3. The van der Waals surface area contributed by atoms with Gasteiger partial charge in [0.1, 0.15) is 17.6 Å². The Morgan fingerprint density at radius 2 is 1.96 bits per heavy atom. The monoisotopic (exact) mass is 375 g/mol. The average Bonchev–Trinajstić information content (AvgIpc) is 3.05. The van der Waals surface area contributed by atoms with Crippen molar-refractivity contribution in [1.82, 2.24) is 5.32 Å². The molecule has 144 valence electrons. The Morgan fingerprint density at radius 3 is 2.82 bits per heavy atom. The van der Waals surface area contributed by atoms with Crippen molar-refractivity contribution < 1.29 is 14.3 Å². The molecule has 0 aliphatic carbocycles. The van der Waals surface area contributed by atoms with Crippen LogP contribution < -0.4 is 14.8 Å². The topological polar surface area (TPSA) is 47.6 Å². The zero-order valence-corrected chi connectivity index (χ0v) is 16.3. The molecule has 3 aromatic rings. The van der Waals surface area contributed by atoms with E-state index >= 15 is 0 Å². The van der Waals surface area contributed by atoms with Crippen molar-refractivity contribution in [2.75, 3.05) is 6.61 Å². The number of carbonyl (C=O) groups is 1. The predicted molar refractivity (Wildman–Crippen MR) is 111 cm³/mol. The van der Waals surface area contributed by atoms with Crippen LogP contribution in [0.5, 0.6) is 11.5 Å². The summed E-state index contributed by atoms with van der Waals surface area (Å²) in [6.07, 6.45) is 1.42. The molecule has 0 radical (unpaired) electrons. The van der Waals surface area contributed by atoms with Crippen molar-refractivity contribution in [1.29, 1.82) is 0 Å². The van der Waals surface area contributed by atoms with Crippen LogP contribution in [0.1, 0.15) is 30.5 Å². The lowest BCUT2D eigenvalue weighted by Crippen LogP contribution is -2.25. The lowest BCUT2D eigenvalue weighted by Gasteiger charge is -2.14. The Hall–Kier alpha value is -3.01. The normalized spacial score (nSPS) is 15.1. The van der Waals surface area contributed by atoms with Crippen LogP contribution in [0.3, 0.4) is 0 Å². The standard InChI is InChI=1S/C24H25NO3/c1-3-27-22-12-19-11-16(2)28-23(19)13-20(22)15-25-24(26)14-18-9-6-8-17-7-4-5-10-21(17)18/h4-10,12-13,16H,3,11,14-15H2,1-2H3,(H,25,26)/t16-/m1/s1. The molecule has 4 rings (SSSR count). The first-order valence-electron chi connectivity index (χ1n) is 9.82. The Morgan fingerprint density at radius 1 is 1.14 bits per heavy atom. The van der Waals surface area contributed by atoms with E-state index in [1.807, 2.05) is 37.3 Å². The van der Waals surface area contributed by atoms with E-state index in [1.165, 1.54) is 5.56 Å². The molecule has 0 fully saturated rings. The van der Waals surface area contributed by atoms with Gasteiger partial charge in [0, 0.05) is 24.1 Å². The molecular formula is C24H25NO3. The van der Waals surface area contributed by atoms with Gasteiger partial charge in [-0.25, -0.2) is 0 Å². The van der Waals surface area contributed by atoms with Gasteiger partial charge in [-0.2, -0.15) is 0 Å². The molecule has 28 heavy (non-hydrogen) atoms. The van der Waals surface area contributed by atoms with Gasteiger partial charge in [0.15, 0.2) is 0 Å². The van der Waals surface area contributed by atoms with Crippen molar-refractivity contribution in [3.8, 4) is 11.5 Å². The fourth-order valence-corrected chi connectivity index (χ4v) is 3.79. The minimum atomic E-state index is -0.00594. The summed E-state index contributed by atoms with van der Waals surface area (Å²) in [5, 5.41) is 5.31. The number of benzene rings is 3. The summed E-state index contributed by atoms with van der Waals surface area (Å²) >= 11 is 0. The maximum Gasteiger partial charge on any atom is 0.224 e. The van der Waals surface area contributed by atoms with Crippen LogP contribution in [0.2, 0.25) is 0 Å². The van der Waals surface area contributed by atoms with Crippen LogP contribution >= 0.6 is 0 Å². The van der Waals surface area contributed by atoms with Gasteiger partial charge in [0.2, 0.25) is 5.91 Å². The van der Waals surface area contributed by atoms with Gasteiger partial charge in [-0.15, -0.1) is 0 Å². The lowest BCUT2D eigenvalue weighted by molar-refractivity contribution is -0.120. The van der Waals surface area contributed by atoms with E-state index in [1.54, 1.807) is 0 Å². The summed E-state index contributed by atoms with van der Waals surface area (Å²) in [4.78, 5) is 12.6. The molecule has 1 N–H and O–H groups in total. The van der Waals surface area contributed by atoms with Crippen LogP contribution in [0.15, 0.2) is 54.6 Å². The summed E-state index contributed by atoms with van der Waals surface area (Å²) in [6.45, 7) is 5.04. The fraction of sp³-hybridized carbons (Fsp3) is 0.292. The third-order valence-corrected chi connectivity index (χ3v) is 5.09. The average molecular weight is 375 g/mol. The highest BCUT2D eigenvalue weighted by atomic mass is 16.5. The Balaban J connectivity index is 1.48. The third kappa shape index (κ3) is 3.81. The van der Waals surface area contributed by atoms with E-state index in [0.717, 1.165) is 39.8 Å². The Kier molecular flexibility index (Phi) is 5.20. The van der Waals surface area contributed by atoms with Crippen LogP contribution in [-0.2, 0) is 24.2 Å². The smallest absolute Gasteiger partial charge is 0.224 e. The number of fused-ring (bicyclic) bond motifs is 2. The number of nitrogens with one attached hydrogen (secondary N) is 1. The number of hydrogen-bond acceptors (Lipinski definition) is 3. The molecule has 0 unspecified atom stereocenters. The molecule has 1 aliphatic heterocycles. The minimum Gasteiger partial charge on any atom is -0.494 e. The number of amides is 1. The summed E-state index contributed by atoms with van der Waals surface area (Å²) in [5.41, 5.74) is 3.15. The summed E-state index contributed by atoms with van der Waals surface area (Å²) in [5.74, 6) is 1.72. The molecule has 1 heterocycles. The molecule has 0 spiro atoms. The van der Waals surface area contributed by atoms with Crippen molar-refractivity contribution in [2.45, 2.75) is 39.3 Å². The number of hydrogen-bond donors (Lipinski definition) is 1. The van der Waals surface area contributed by atoms with Crippen molar-refractivity contribution in [3.63, 3.8) is 0 Å². The zero-order chi connectivity index (χ0) is 19.5. The Bertz CT molecular complexity index is 1010. The van der Waals surface area contributed by atoms with Crippen LogP contribution in [-0.4, -0.2) is 18.6 Å². The second-order valence-electron chi connectivity index (χ2n) is 7.23. The number of ether oxygens (including phenoxy) is 2. The first-order valence-corrected chi connectivity index (χ1v) is 9.82. The van der Waals surface area contributed by atoms with Gasteiger partial charge in [-0.1, -0.05) is 42.5 Å². The highest BCUT2D eigenvalue weighted by Crippen LogP contribution is 2.35. The minimum absolute atomic E-state index is 0.00594. The first kappa shape index (κ1) is 18.4. The van der Waals surface area contributed by atoms with Gasteiger partial charge in [-0.05, 0) is 42.3 Å². The second-order valence-corrected chi connectivity index (χ2v) is 7.23. The molecule has 0 saturated heterocycles. The molecular weight excluding hydrogens is 350 g/mol. The first-order chi connectivity index (χ1) is 13.6. The van der Waals surface area contributed by atoms with E-state index in [0.29, 0.717) is 19.6 Å². The predicted octanol–water partition coefficient (Wildman–Crippen LogP) is 4.42. The molecule has 0 bridgehead atoms. The molecule has 4 nitrogen and oxygen atoms in total. The van der Waals surface area contributed by atoms with Crippen molar-refractivity contribution in [3.05, 3.63) is 71.3 Å². The van der Waals surface area contributed by atoms with Gasteiger partial charge < -0.3 is 14.8 Å². The molecule has 1 amide bonds. The number of carbonyl (C=O) groups excluding carboxylic acids is 1. The van der Waals surface area contributed by atoms with Crippen LogP contribution in [0.4, 0.5) is 0 Å². The summed E-state index contributed by atoms with van der Waals surface area (Å²) in [7, 11) is 0.